The van der Waals surface area contributed by atoms with E-state index in [-0.39, 0.29) is 37.4 Å². The molecule has 0 saturated heterocycles. The number of hydrogen-bond acceptors (Lipinski definition) is 6. The summed E-state index contributed by atoms with van der Waals surface area (Å²) in [5.41, 5.74) is 2.75. The Bertz CT molecular complexity index is 1350. The Morgan fingerprint density at radius 2 is 1.50 bits per heavy atom. The molecule has 3 aromatic rings. The fourth-order valence-electron chi connectivity index (χ4n) is 5.47. The molecular formula is C36H42N2O6. The highest BCUT2D eigenvalue weighted by molar-refractivity contribution is 5.86. The quantitative estimate of drug-likeness (QED) is 0.224. The van der Waals surface area contributed by atoms with Crippen LogP contribution in [-0.2, 0) is 36.7 Å². The SMILES string of the molecule is COCC1NC(=O)C(CC(=O)NC(CO)Cc2ccccc2)CC=CCC(Cc2ccccc2)C(=O)OC1c1ccccc1. The highest BCUT2D eigenvalue weighted by atomic mass is 16.5. The topological polar surface area (TPSA) is 114 Å². The monoisotopic (exact) mass is 598 g/mol. The zero-order chi connectivity index (χ0) is 31.1. The number of carbonyl (C=O) groups excluding carboxylic acids is 3. The number of allylic oxidation sites excluding steroid dienone is 2. The summed E-state index contributed by atoms with van der Waals surface area (Å²) < 4.78 is 11.6. The number of hydrogen-bond donors (Lipinski definition) is 3. The Morgan fingerprint density at radius 1 is 0.909 bits per heavy atom. The highest BCUT2D eigenvalue weighted by Gasteiger charge is 2.34. The van der Waals surface area contributed by atoms with Gasteiger partial charge in [0.25, 0.3) is 0 Å². The van der Waals surface area contributed by atoms with Crippen LogP contribution in [0.25, 0.3) is 0 Å². The van der Waals surface area contributed by atoms with Crippen molar-refractivity contribution in [2.75, 3.05) is 20.3 Å². The highest BCUT2D eigenvalue weighted by Crippen LogP contribution is 2.27. The molecule has 0 radical (unpaired) electrons. The van der Waals surface area contributed by atoms with Gasteiger partial charge in [0.2, 0.25) is 11.8 Å². The number of cyclic esters (lactones) is 1. The van der Waals surface area contributed by atoms with Gasteiger partial charge < -0.3 is 25.2 Å². The first-order valence-corrected chi connectivity index (χ1v) is 15.1. The minimum atomic E-state index is -0.798. The fraction of sp³-hybridized carbons (Fsp3) is 0.361. The molecule has 5 atom stereocenters. The van der Waals surface area contributed by atoms with E-state index in [2.05, 4.69) is 10.6 Å². The molecule has 8 heteroatoms. The molecule has 0 aliphatic carbocycles. The lowest BCUT2D eigenvalue weighted by Crippen LogP contribution is -2.48. The van der Waals surface area contributed by atoms with Crippen molar-refractivity contribution in [3.05, 3.63) is 120 Å². The van der Waals surface area contributed by atoms with Crippen LogP contribution in [0.3, 0.4) is 0 Å². The summed E-state index contributed by atoms with van der Waals surface area (Å²) in [6.07, 6.45) is 4.60. The van der Waals surface area contributed by atoms with Crippen LogP contribution in [0.1, 0.15) is 42.1 Å². The first-order valence-electron chi connectivity index (χ1n) is 15.1. The zero-order valence-corrected chi connectivity index (χ0v) is 25.1. The summed E-state index contributed by atoms with van der Waals surface area (Å²) >= 11 is 0. The molecule has 0 fully saturated rings. The average Bonchev–Trinajstić information content (AvgIpc) is 3.04. The van der Waals surface area contributed by atoms with E-state index in [4.69, 9.17) is 9.47 Å². The summed E-state index contributed by atoms with van der Waals surface area (Å²) in [4.78, 5) is 40.5. The van der Waals surface area contributed by atoms with Gasteiger partial charge in [-0.05, 0) is 42.4 Å². The number of aliphatic hydroxyl groups is 1. The van der Waals surface area contributed by atoms with E-state index < -0.39 is 30.0 Å². The average molecular weight is 599 g/mol. The van der Waals surface area contributed by atoms with E-state index in [1.165, 1.54) is 7.11 Å². The van der Waals surface area contributed by atoms with Crippen molar-refractivity contribution in [3.8, 4) is 0 Å². The number of benzene rings is 3. The maximum absolute atomic E-state index is 13.7. The van der Waals surface area contributed by atoms with Crippen LogP contribution >= 0.6 is 0 Å². The third kappa shape index (κ3) is 9.89. The minimum Gasteiger partial charge on any atom is -0.455 e. The molecule has 5 unspecified atom stereocenters. The molecule has 2 amide bonds. The zero-order valence-electron chi connectivity index (χ0n) is 25.1. The van der Waals surface area contributed by atoms with E-state index in [1.54, 1.807) is 0 Å². The molecule has 1 heterocycles. The van der Waals surface area contributed by atoms with Crippen molar-refractivity contribution >= 4 is 17.8 Å². The van der Waals surface area contributed by atoms with Crippen molar-refractivity contribution in [2.45, 2.75) is 50.3 Å². The standard InChI is InChI=1S/C36H42N2O6/c1-43-25-32-34(28-17-9-4-10-18-28)44-36(42)30(21-26-13-5-2-6-14-26)20-12-11-19-29(35(41)38-32)23-33(40)37-31(24-39)22-27-15-7-3-8-16-27/h2-18,29-32,34,39H,19-25H2,1H3,(H,37,40)(H,38,41). The van der Waals surface area contributed by atoms with E-state index in [0.717, 1.165) is 16.7 Å². The van der Waals surface area contributed by atoms with Crippen LogP contribution in [-0.4, -0.2) is 55.3 Å². The van der Waals surface area contributed by atoms with E-state index in [9.17, 15) is 19.5 Å². The predicted octanol–water partition coefficient (Wildman–Crippen LogP) is 4.34. The van der Waals surface area contributed by atoms with Crippen molar-refractivity contribution < 1.29 is 29.0 Å². The van der Waals surface area contributed by atoms with Gasteiger partial charge in [0, 0.05) is 13.5 Å². The van der Waals surface area contributed by atoms with Crippen LogP contribution in [0.5, 0.6) is 0 Å². The number of amides is 2. The maximum Gasteiger partial charge on any atom is 0.310 e. The number of rotatable bonds is 11. The molecule has 0 saturated carbocycles. The molecule has 0 aromatic heterocycles. The first-order chi connectivity index (χ1) is 21.5. The number of ether oxygens (including phenoxy) is 2. The number of carbonyl (C=O) groups is 3. The summed E-state index contributed by atoms with van der Waals surface area (Å²) in [7, 11) is 1.53. The van der Waals surface area contributed by atoms with Gasteiger partial charge in [-0.15, -0.1) is 0 Å². The largest absolute Gasteiger partial charge is 0.455 e. The van der Waals surface area contributed by atoms with Crippen LogP contribution in [0.4, 0.5) is 0 Å². The van der Waals surface area contributed by atoms with Gasteiger partial charge in [0.05, 0.1) is 37.1 Å². The van der Waals surface area contributed by atoms with Gasteiger partial charge in [-0.1, -0.05) is 103 Å². The smallest absolute Gasteiger partial charge is 0.310 e. The first kappa shape index (κ1) is 32.6. The van der Waals surface area contributed by atoms with Gasteiger partial charge in [0.1, 0.15) is 6.10 Å². The Morgan fingerprint density at radius 3 is 2.11 bits per heavy atom. The number of methoxy groups -OCH3 is 1. The van der Waals surface area contributed by atoms with Crippen molar-refractivity contribution in [1.82, 2.24) is 10.6 Å². The predicted molar refractivity (Wildman–Crippen MR) is 168 cm³/mol. The second-order valence-corrected chi connectivity index (χ2v) is 11.2. The Labute approximate surface area is 259 Å². The van der Waals surface area contributed by atoms with Gasteiger partial charge in [0.15, 0.2) is 0 Å². The summed E-state index contributed by atoms with van der Waals surface area (Å²) in [5, 5.41) is 15.8. The molecule has 3 N–H and O–H groups in total. The van der Waals surface area contributed by atoms with Gasteiger partial charge in [-0.3, -0.25) is 14.4 Å². The maximum atomic E-state index is 13.7. The summed E-state index contributed by atoms with van der Waals surface area (Å²) in [5.74, 6) is -2.14. The summed E-state index contributed by atoms with van der Waals surface area (Å²) in [6, 6.07) is 27.6. The van der Waals surface area contributed by atoms with Crippen molar-refractivity contribution in [1.29, 1.82) is 0 Å². The van der Waals surface area contributed by atoms with Crippen molar-refractivity contribution in [3.63, 3.8) is 0 Å². The molecule has 3 aromatic carbocycles. The molecule has 1 aliphatic heterocycles. The molecule has 8 nitrogen and oxygen atoms in total. The Kier molecular flexibility index (Phi) is 12.7. The molecule has 4 rings (SSSR count). The molecule has 0 spiro atoms. The Balaban J connectivity index is 1.57. The lowest BCUT2D eigenvalue weighted by Gasteiger charge is -2.31. The molecular weight excluding hydrogens is 556 g/mol. The fourth-order valence-corrected chi connectivity index (χ4v) is 5.47. The van der Waals surface area contributed by atoms with Crippen LogP contribution in [0.2, 0.25) is 0 Å². The van der Waals surface area contributed by atoms with Crippen LogP contribution in [0, 0.1) is 11.8 Å². The third-order valence-corrected chi connectivity index (χ3v) is 7.79. The van der Waals surface area contributed by atoms with Crippen LogP contribution in [0.15, 0.2) is 103 Å². The normalized spacial score (nSPS) is 21.7. The van der Waals surface area contributed by atoms with Gasteiger partial charge >= 0.3 is 5.97 Å². The summed E-state index contributed by atoms with van der Waals surface area (Å²) in [6.45, 7) is -0.124. The molecule has 44 heavy (non-hydrogen) atoms. The molecule has 232 valence electrons. The number of nitrogens with one attached hydrogen (secondary N) is 2. The lowest BCUT2D eigenvalue weighted by molar-refractivity contribution is -0.158. The van der Waals surface area contributed by atoms with Gasteiger partial charge in [-0.25, -0.2) is 0 Å². The Hall–Kier alpha value is -4.27. The number of aliphatic hydroxyl groups excluding tert-OH is 1. The molecule has 1 aliphatic rings. The number of esters is 1. The van der Waals surface area contributed by atoms with E-state index in [0.29, 0.717) is 25.7 Å². The second kappa shape index (κ2) is 17.1. The third-order valence-electron chi connectivity index (χ3n) is 7.79. The van der Waals surface area contributed by atoms with Gasteiger partial charge in [-0.2, -0.15) is 0 Å². The molecule has 0 bridgehead atoms. The second-order valence-electron chi connectivity index (χ2n) is 11.2. The minimum absolute atomic E-state index is 0.0651. The van der Waals surface area contributed by atoms with Crippen LogP contribution < -0.4 is 10.6 Å². The lowest BCUT2D eigenvalue weighted by atomic mass is 9.93. The van der Waals surface area contributed by atoms with E-state index >= 15 is 0 Å². The van der Waals surface area contributed by atoms with Crippen molar-refractivity contribution in [2.24, 2.45) is 11.8 Å². The van der Waals surface area contributed by atoms with E-state index in [1.807, 2.05) is 103 Å².